The number of nitrogens with zero attached hydrogens (tertiary/aromatic N) is 4. The second kappa shape index (κ2) is 12.7. The van der Waals surface area contributed by atoms with E-state index in [4.69, 9.17) is 16.7 Å². The molecule has 0 aliphatic heterocycles. The van der Waals surface area contributed by atoms with E-state index in [1.807, 2.05) is 12.1 Å². The van der Waals surface area contributed by atoms with Crippen LogP contribution in [0.15, 0.2) is 72.1 Å². The summed E-state index contributed by atoms with van der Waals surface area (Å²) in [7, 11) is 0. The molecule has 1 atom stereocenters. The van der Waals surface area contributed by atoms with Gasteiger partial charge in [0.1, 0.15) is 17.4 Å². The van der Waals surface area contributed by atoms with Gasteiger partial charge in [-0.25, -0.2) is 13.8 Å². The Labute approximate surface area is 255 Å². The molecule has 0 saturated carbocycles. The van der Waals surface area contributed by atoms with Gasteiger partial charge in [-0.05, 0) is 89.8 Å². The SMILES string of the molecule is C#CCCCCC(C)(c1cccc(I)c1)c1cnc(-c2cc(Oc3c(F)cc4[nH]ccc4c3CN=[N+]=[N-])ccc2F)[nH]1. The zero-order chi connectivity index (χ0) is 29.7. The van der Waals surface area contributed by atoms with Crippen LogP contribution in [0.25, 0.3) is 32.7 Å². The van der Waals surface area contributed by atoms with Crippen LogP contribution in [0.5, 0.6) is 11.5 Å². The number of hydrogen-bond acceptors (Lipinski definition) is 3. The number of halogens is 3. The molecule has 5 aromatic rings. The van der Waals surface area contributed by atoms with Gasteiger partial charge in [-0.1, -0.05) is 23.7 Å². The van der Waals surface area contributed by atoms with E-state index in [2.05, 4.69) is 72.5 Å². The number of imidazole rings is 1. The van der Waals surface area contributed by atoms with Gasteiger partial charge in [0.05, 0.1) is 12.1 Å². The summed E-state index contributed by atoms with van der Waals surface area (Å²) in [6.45, 7) is 2.03. The monoisotopic (exact) mass is 676 g/mol. The van der Waals surface area contributed by atoms with Crippen molar-refractivity contribution < 1.29 is 13.5 Å². The summed E-state index contributed by atoms with van der Waals surface area (Å²) < 4.78 is 37.4. The third kappa shape index (κ3) is 5.98. The predicted molar refractivity (Wildman–Crippen MR) is 168 cm³/mol. The second-order valence-corrected chi connectivity index (χ2v) is 11.4. The lowest BCUT2D eigenvalue weighted by atomic mass is 9.75. The second-order valence-electron chi connectivity index (χ2n) is 10.1. The summed E-state index contributed by atoms with van der Waals surface area (Å²) >= 11 is 2.30. The van der Waals surface area contributed by atoms with Gasteiger partial charge >= 0.3 is 0 Å². The maximum Gasteiger partial charge on any atom is 0.168 e. The maximum absolute atomic E-state index is 15.2. The molecule has 0 amide bonds. The van der Waals surface area contributed by atoms with Gasteiger partial charge in [-0.3, -0.25) is 0 Å². The number of hydrogen-bond donors (Lipinski definition) is 2. The third-order valence-corrected chi connectivity index (χ3v) is 8.12. The lowest BCUT2D eigenvalue weighted by molar-refractivity contribution is 0.437. The van der Waals surface area contributed by atoms with Crippen molar-refractivity contribution in [3.63, 3.8) is 0 Å². The summed E-state index contributed by atoms with van der Waals surface area (Å²) in [6.07, 6.45) is 12.2. The van der Waals surface area contributed by atoms with Crippen LogP contribution >= 0.6 is 22.6 Å². The van der Waals surface area contributed by atoms with Crippen molar-refractivity contribution in [2.45, 2.75) is 44.6 Å². The average Bonchev–Trinajstić information content (AvgIpc) is 3.66. The van der Waals surface area contributed by atoms with E-state index in [1.165, 1.54) is 24.3 Å². The molecule has 0 spiro atoms. The highest BCUT2D eigenvalue weighted by atomic mass is 127. The molecule has 3 aromatic carbocycles. The van der Waals surface area contributed by atoms with Crippen LogP contribution in [0.1, 0.15) is 49.4 Å². The molecule has 0 radical (unpaired) electrons. The third-order valence-electron chi connectivity index (χ3n) is 7.45. The minimum atomic E-state index is -0.641. The summed E-state index contributed by atoms with van der Waals surface area (Å²) in [5.74, 6) is 1.98. The number of fused-ring (bicyclic) bond motifs is 1. The van der Waals surface area contributed by atoms with Crippen molar-refractivity contribution in [1.29, 1.82) is 0 Å². The van der Waals surface area contributed by atoms with Crippen LogP contribution in [0.2, 0.25) is 0 Å². The zero-order valence-electron chi connectivity index (χ0n) is 22.8. The number of nitrogens with one attached hydrogen (secondary N) is 2. The molecule has 0 aliphatic carbocycles. The Bertz CT molecular complexity index is 1830. The van der Waals surface area contributed by atoms with Crippen LogP contribution in [-0.2, 0) is 12.0 Å². The fraction of sp³-hybridized carbons (Fsp3) is 0.219. The first-order valence-corrected chi connectivity index (χ1v) is 14.4. The Morgan fingerprint density at radius 3 is 2.79 bits per heavy atom. The first-order valence-electron chi connectivity index (χ1n) is 13.4. The average molecular weight is 677 g/mol. The van der Waals surface area contributed by atoms with Crippen molar-refractivity contribution >= 4 is 33.5 Å². The lowest BCUT2D eigenvalue weighted by Crippen LogP contribution is -2.24. The van der Waals surface area contributed by atoms with E-state index in [0.717, 1.165) is 34.1 Å². The van der Waals surface area contributed by atoms with E-state index in [1.54, 1.807) is 18.5 Å². The van der Waals surface area contributed by atoms with Crippen LogP contribution in [0.4, 0.5) is 8.78 Å². The number of unbranched alkanes of at least 4 members (excludes halogenated alkanes) is 2. The number of azide groups is 1. The van der Waals surface area contributed by atoms with E-state index in [-0.39, 0.29) is 23.6 Å². The fourth-order valence-corrected chi connectivity index (χ4v) is 5.71. The van der Waals surface area contributed by atoms with Crippen LogP contribution in [-0.4, -0.2) is 15.0 Å². The Morgan fingerprint density at radius 1 is 1.14 bits per heavy atom. The summed E-state index contributed by atoms with van der Waals surface area (Å²) in [6, 6.07) is 15.5. The van der Waals surface area contributed by atoms with E-state index >= 15 is 8.78 Å². The van der Waals surface area contributed by atoms with Crippen molar-refractivity contribution in [2.24, 2.45) is 5.11 Å². The van der Waals surface area contributed by atoms with E-state index in [0.29, 0.717) is 28.7 Å². The first kappa shape index (κ1) is 29.2. The molecule has 2 aromatic heterocycles. The molecule has 5 rings (SSSR count). The van der Waals surface area contributed by atoms with Gasteiger partial charge in [-0.15, -0.1) is 12.3 Å². The molecule has 0 saturated heterocycles. The smallest absolute Gasteiger partial charge is 0.168 e. The number of terminal acetylenes is 1. The minimum absolute atomic E-state index is 0.0922. The highest BCUT2D eigenvalue weighted by molar-refractivity contribution is 14.1. The highest BCUT2D eigenvalue weighted by Crippen LogP contribution is 2.39. The zero-order valence-corrected chi connectivity index (χ0v) is 25.0. The standard InChI is InChI=1S/C32H27F2IN6O/c1-3-4-5-6-13-32(2,20-8-7-9-21(35)15-20)29-19-38-31(40-29)24-16-22(10-11-26(24)33)42-30-25(18-39-41-36)23-12-14-37-28(23)17-27(30)34/h1,7-12,14-17,19,37H,4-6,13,18H2,2H3,(H,38,40). The molecular formula is C32H27F2IN6O. The quantitative estimate of drug-likeness (QED) is 0.0364. The number of aromatic nitrogens is 3. The first-order chi connectivity index (χ1) is 20.3. The van der Waals surface area contributed by atoms with Crippen LogP contribution in [0, 0.1) is 27.5 Å². The van der Waals surface area contributed by atoms with Gasteiger partial charge in [0.15, 0.2) is 11.6 Å². The van der Waals surface area contributed by atoms with E-state index in [9.17, 15) is 0 Å². The molecule has 2 N–H and O–H groups in total. The minimum Gasteiger partial charge on any atom is -0.454 e. The van der Waals surface area contributed by atoms with Gasteiger partial charge in [0.2, 0.25) is 0 Å². The molecule has 7 nitrogen and oxygen atoms in total. The molecule has 42 heavy (non-hydrogen) atoms. The van der Waals surface area contributed by atoms with Crippen LogP contribution in [0.3, 0.4) is 0 Å². The number of rotatable bonds is 11. The van der Waals surface area contributed by atoms with E-state index < -0.39 is 17.0 Å². The normalized spacial score (nSPS) is 12.5. The number of aromatic amines is 2. The Balaban J connectivity index is 1.51. The molecule has 10 heteroatoms. The lowest BCUT2D eigenvalue weighted by Gasteiger charge is -2.29. The molecule has 0 aliphatic rings. The fourth-order valence-electron chi connectivity index (χ4n) is 5.17. The van der Waals surface area contributed by atoms with Gasteiger partial charge in [0.25, 0.3) is 0 Å². The largest absolute Gasteiger partial charge is 0.454 e. The van der Waals surface area contributed by atoms with Gasteiger partial charge < -0.3 is 14.7 Å². The molecule has 212 valence electrons. The molecule has 1 unspecified atom stereocenters. The summed E-state index contributed by atoms with van der Waals surface area (Å²) in [5.41, 5.74) is 11.5. The predicted octanol–water partition coefficient (Wildman–Crippen LogP) is 9.54. The van der Waals surface area contributed by atoms with Crippen molar-refractivity contribution in [3.8, 4) is 35.2 Å². The van der Waals surface area contributed by atoms with Crippen molar-refractivity contribution in [1.82, 2.24) is 15.0 Å². The maximum atomic E-state index is 15.2. The summed E-state index contributed by atoms with van der Waals surface area (Å²) in [4.78, 5) is 13.7. The molecule has 2 heterocycles. The Kier molecular flexibility index (Phi) is 8.80. The number of H-pyrrole nitrogens is 2. The highest BCUT2D eigenvalue weighted by Gasteiger charge is 2.31. The summed E-state index contributed by atoms with van der Waals surface area (Å²) in [5, 5.41) is 4.28. The number of benzene rings is 3. The molecule has 0 bridgehead atoms. The molecule has 0 fully saturated rings. The van der Waals surface area contributed by atoms with Crippen LogP contribution < -0.4 is 4.74 Å². The number of ether oxygens (including phenoxy) is 1. The van der Waals surface area contributed by atoms with Gasteiger partial charge in [0, 0.05) is 60.9 Å². The Morgan fingerprint density at radius 2 is 2.00 bits per heavy atom. The Hall–Kier alpha value is -4.33. The van der Waals surface area contributed by atoms with Gasteiger partial charge in [-0.2, -0.15) is 0 Å². The van der Waals surface area contributed by atoms with Crippen molar-refractivity contribution in [3.05, 3.63) is 109 Å². The van der Waals surface area contributed by atoms with Crippen molar-refractivity contribution in [2.75, 3.05) is 0 Å². The topological polar surface area (TPSA) is 102 Å². The molecular weight excluding hydrogens is 649 g/mol.